The third kappa shape index (κ3) is 4.47. The van der Waals surface area contributed by atoms with Crippen LogP contribution in [0.1, 0.15) is 47.9 Å². The molecule has 3 aromatic rings. The highest BCUT2D eigenvalue weighted by Gasteiger charge is 2.38. The van der Waals surface area contributed by atoms with Crippen LogP contribution in [0.5, 0.6) is 0 Å². The van der Waals surface area contributed by atoms with E-state index in [0.29, 0.717) is 31.5 Å². The molecule has 1 saturated carbocycles. The van der Waals surface area contributed by atoms with E-state index >= 15 is 0 Å². The van der Waals surface area contributed by atoms with Gasteiger partial charge in [0.25, 0.3) is 5.91 Å². The van der Waals surface area contributed by atoms with Crippen LogP contribution in [0.25, 0.3) is 11.0 Å². The molecule has 0 radical (unpaired) electrons. The normalized spacial score (nSPS) is 19.8. The minimum Gasteiger partial charge on any atom is -0.351 e. The van der Waals surface area contributed by atoms with Gasteiger partial charge in [0.15, 0.2) is 5.69 Å². The molecule has 13 heteroatoms. The smallest absolute Gasteiger partial charge is 0.272 e. The second kappa shape index (κ2) is 8.95. The van der Waals surface area contributed by atoms with Crippen LogP contribution in [0.4, 0.5) is 5.82 Å². The predicted molar refractivity (Wildman–Crippen MR) is 128 cm³/mol. The molecule has 0 atom stereocenters. The van der Waals surface area contributed by atoms with Crippen LogP contribution in [0.15, 0.2) is 18.6 Å². The zero-order chi connectivity index (χ0) is 24.7. The molecule has 1 aliphatic heterocycles. The Morgan fingerprint density at radius 3 is 2.83 bits per heavy atom. The first kappa shape index (κ1) is 23.3. The summed E-state index contributed by atoms with van der Waals surface area (Å²) >= 11 is 0. The molecule has 0 aromatic carbocycles. The van der Waals surface area contributed by atoms with E-state index in [1.54, 1.807) is 11.6 Å². The number of hydrogen-bond donors (Lipinski definition) is 3. The molecule has 12 nitrogen and oxygen atoms in total. The molecule has 186 valence electrons. The van der Waals surface area contributed by atoms with Gasteiger partial charge >= 0.3 is 0 Å². The van der Waals surface area contributed by atoms with Crippen LogP contribution in [-0.2, 0) is 34.8 Å². The fourth-order valence-electron chi connectivity index (χ4n) is 4.83. The van der Waals surface area contributed by atoms with Gasteiger partial charge in [-0.3, -0.25) is 19.0 Å². The topological polar surface area (TPSA) is 155 Å². The Morgan fingerprint density at radius 2 is 2.06 bits per heavy atom. The van der Waals surface area contributed by atoms with Gasteiger partial charge in [0.05, 0.1) is 11.1 Å². The highest BCUT2D eigenvalue weighted by atomic mass is 32.2. The summed E-state index contributed by atoms with van der Waals surface area (Å²) in [7, 11) is -1.76. The Labute approximate surface area is 202 Å². The summed E-state index contributed by atoms with van der Waals surface area (Å²) in [6, 6.07) is 1.74. The lowest BCUT2D eigenvalue weighted by molar-refractivity contribution is -0.126. The standard InChI is InChI=1S/C22H28N8O4S/c1-3-8-35(33,34)28-21(31)13-9-14(10-13)26-22(32)18-16-11-30(7-5-17(16)29(2)27-18)20-15-4-6-23-19(15)24-12-25-20/h4,6,12-14H,3,5,7-11H2,1-2H3,(H,26,32)(H,28,31)(H,23,24,25). The number of hydrogen-bond acceptors (Lipinski definition) is 8. The Kier molecular flexibility index (Phi) is 5.95. The summed E-state index contributed by atoms with van der Waals surface area (Å²) in [6.07, 6.45) is 5.30. The van der Waals surface area contributed by atoms with E-state index in [0.717, 1.165) is 41.1 Å². The van der Waals surface area contributed by atoms with E-state index in [2.05, 4.69) is 35.0 Å². The molecule has 0 saturated heterocycles. The zero-order valence-electron chi connectivity index (χ0n) is 19.6. The summed E-state index contributed by atoms with van der Waals surface area (Å²) < 4.78 is 27.5. The van der Waals surface area contributed by atoms with Crippen molar-refractivity contribution in [2.75, 3.05) is 17.2 Å². The number of fused-ring (bicyclic) bond motifs is 2. The van der Waals surface area contributed by atoms with Gasteiger partial charge in [-0.1, -0.05) is 6.92 Å². The zero-order valence-corrected chi connectivity index (χ0v) is 20.4. The fraction of sp³-hybridized carbons (Fsp3) is 0.500. The van der Waals surface area contributed by atoms with Crippen LogP contribution in [0.3, 0.4) is 0 Å². The van der Waals surface area contributed by atoms with E-state index in [1.807, 2.05) is 19.3 Å². The van der Waals surface area contributed by atoms with Crippen molar-refractivity contribution in [1.29, 1.82) is 0 Å². The maximum atomic E-state index is 13.1. The van der Waals surface area contributed by atoms with Gasteiger partial charge in [0.1, 0.15) is 17.8 Å². The van der Waals surface area contributed by atoms with Crippen molar-refractivity contribution in [3.8, 4) is 0 Å². The average Bonchev–Trinajstić information content (AvgIpc) is 3.39. The van der Waals surface area contributed by atoms with Crippen LogP contribution in [-0.4, -0.2) is 63.3 Å². The molecule has 1 aliphatic carbocycles. The first-order chi connectivity index (χ1) is 16.8. The molecule has 35 heavy (non-hydrogen) atoms. The molecule has 5 rings (SSSR count). The van der Waals surface area contributed by atoms with Gasteiger partial charge in [-0.15, -0.1) is 0 Å². The van der Waals surface area contributed by atoms with Crippen molar-refractivity contribution in [2.45, 2.75) is 45.2 Å². The fourth-order valence-corrected chi connectivity index (χ4v) is 5.94. The van der Waals surface area contributed by atoms with Crippen molar-refractivity contribution >= 4 is 38.7 Å². The van der Waals surface area contributed by atoms with Crippen molar-refractivity contribution in [3.05, 3.63) is 35.5 Å². The second-order valence-corrected chi connectivity index (χ2v) is 11.0. The predicted octanol–water partition coefficient (Wildman–Crippen LogP) is 0.619. The Balaban J connectivity index is 1.25. The number of nitrogens with one attached hydrogen (secondary N) is 3. The number of amides is 2. The molecule has 4 heterocycles. The number of aryl methyl sites for hydroxylation is 1. The number of carbonyl (C=O) groups is 2. The Hall–Kier alpha value is -3.48. The lowest BCUT2D eigenvalue weighted by Gasteiger charge is -2.34. The number of aromatic amines is 1. The lowest BCUT2D eigenvalue weighted by Crippen LogP contribution is -2.50. The van der Waals surface area contributed by atoms with Crippen molar-refractivity contribution in [3.63, 3.8) is 0 Å². The minimum absolute atomic E-state index is 0.0853. The number of nitrogens with zero attached hydrogens (tertiary/aromatic N) is 5. The average molecular weight is 501 g/mol. The number of H-pyrrole nitrogens is 1. The second-order valence-electron chi connectivity index (χ2n) is 9.13. The van der Waals surface area contributed by atoms with Gasteiger partial charge in [-0.05, 0) is 25.3 Å². The molecule has 2 aliphatic rings. The number of sulfonamides is 1. The first-order valence-corrected chi connectivity index (χ1v) is 13.3. The SMILES string of the molecule is CCCS(=O)(=O)NC(=O)C1CC(NC(=O)c2nn(C)c3c2CN(c2ncnc4[nH]ccc24)CC3)C1. The molecule has 0 spiro atoms. The molecule has 0 unspecified atom stereocenters. The Morgan fingerprint density at radius 1 is 1.26 bits per heavy atom. The highest BCUT2D eigenvalue weighted by molar-refractivity contribution is 7.90. The Bertz CT molecular complexity index is 1390. The van der Waals surface area contributed by atoms with E-state index < -0.39 is 21.8 Å². The van der Waals surface area contributed by atoms with Crippen LogP contribution in [0, 0.1) is 5.92 Å². The molecule has 0 bridgehead atoms. The molecule has 3 N–H and O–H groups in total. The van der Waals surface area contributed by atoms with E-state index in [9.17, 15) is 18.0 Å². The van der Waals surface area contributed by atoms with Gasteiger partial charge in [0, 0.05) is 56.0 Å². The van der Waals surface area contributed by atoms with E-state index in [4.69, 9.17) is 0 Å². The maximum Gasteiger partial charge on any atom is 0.272 e. The molecular formula is C22H28N8O4S. The van der Waals surface area contributed by atoms with Crippen LogP contribution >= 0.6 is 0 Å². The maximum absolute atomic E-state index is 13.1. The molecular weight excluding hydrogens is 472 g/mol. The van der Waals surface area contributed by atoms with Gasteiger partial charge in [-0.25, -0.2) is 18.4 Å². The van der Waals surface area contributed by atoms with E-state index in [-0.39, 0.29) is 17.7 Å². The third-order valence-corrected chi connectivity index (χ3v) is 8.12. The summed E-state index contributed by atoms with van der Waals surface area (Å²) in [5.74, 6) is -0.501. The number of rotatable bonds is 7. The third-order valence-electron chi connectivity index (χ3n) is 6.66. The highest BCUT2D eigenvalue weighted by Crippen LogP contribution is 2.31. The summed E-state index contributed by atoms with van der Waals surface area (Å²) in [6.45, 7) is 2.97. The quantitative estimate of drug-likeness (QED) is 0.426. The monoisotopic (exact) mass is 500 g/mol. The van der Waals surface area contributed by atoms with Crippen LogP contribution < -0.4 is 14.9 Å². The van der Waals surface area contributed by atoms with Crippen molar-refractivity contribution < 1.29 is 18.0 Å². The molecule has 3 aromatic heterocycles. The lowest BCUT2D eigenvalue weighted by atomic mass is 9.80. The van der Waals surface area contributed by atoms with Crippen LogP contribution in [0.2, 0.25) is 0 Å². The molecule has 2 amide bonds. The summed E-state index contributed by atoms with van der Waals surface area (Å²) in [5, 5.41) is 8.37. The molecule has 1 fully saturated rings. The summed E-state index contributed by atoms with van der Waals surface area (Å²) in [4.78, 5) is 39.3. The number of aromatic nitrogens is 5. The van der Waals surface area contributed by atoms with Crippen molar-refractivity contribution in [2.24, 2.45) is 13.0 Å². The number of carbonyl (C=O) groups excluding carboxylic acids is 2. The van der Waals surface area contributed by atoms with E-state index in [1.165, 1.54) is 6.33 Å². The van der Waals surface area contributed by atoms with Gasteiger partial charge in [-0.2, -0.15) is 5.10 Å². The largest absolute Gasteiger partial charge is 0.351 e. The first-order valence-electron chi connectivity index (χ1n) is 11.7. The van der Waals surface area contributed by atoms with Gasteiger partial charge in [0.2, 0.25) is 15.9 Å². The van der Waals surface area contributed by atoms with Gasteiger partial charge < -0.3 is 15.2 Å². The summed E-state index contributed by atoms with van der Waals surface area (Å²) in [5.41, 5.74) is 3.00. The number of anilines is 1. The minimum atomic E-state index is -3.60. The van der Waals surface area contributed by atoms with Crippen molar-refractivity contribution in [1.82, 2.24) is 34.8 Å².